The van der Waals surface area contributed by atoms with Crippen molar-refractivity contribution in [2.45, 2.75) is 19.0 Å². The quantitative estimate of drug-likeness (QED) is 0.230. The number of hydrogen-bond donors (Lipinski definition) is 4. The average Bonchev–Trinajstić information content (AvgIpc) is 3.23. The molecule has 9 nitrogen and oxygen atoms in total. The third-order valence-electron chi connectivity index (χ3n) is 4.89. The van der Waals surface area contributed by atoms with Crippen molar-refractivity contribution >= 4 is 47.6 Å². The SMILES string of the molecule is CN=C(NCc1ccc(C(=O)NCC(N)=O)cc1)NC1CCN(c2ncccc2F)C1.I. The van der Waals surface area contributed by atoms with Gasteiger partial charge in [-0.3, -0.25) is 14.6 Å². The van der Waals surface area contributed by atoms with Gasteiger partial charge in [-0.1, -0.05) is 12.1 Å². The van der Waals surface area contributed by atoms with Crippen LogP contribution in [0, 0.1) is 5.82 Å². The van der Waals surface area contributed by atoms with Gasteiger partial charge in [0.15, 0.2) is 17.6 Å². The van der Waals surface area contributed by atoms with Crippen LogP contribution in [0.25, 0.3) is 0 Å². The number of pyridine rings is 1. The van der Waals surface area contributed by atoms with Crippen molar-refractivity contribution in [1.82, 2.24) is 20.9 Å². The van der Waals surface area contributed by atoms with Gasteiger partial charge < -0.3 is 26.6 Å². The molecule has 0 aliphatic carbocycles. The lowest BCUT2D eigenvalue weighted by Gasteiger charge is -2.20. The van der Waals surface area contributed by atoms with Gasteiger partial charge >= 0.3 is 0 Å². The molecule has 2 amide bonds. The molecule has 1 aromatic heterocycles. The Bertz CT molecular complexity index is 955. The first-order valence-corrected chi connectivity index (χ1v) is 9.94. The summed E-state index contributed by atoms with van der Waals surface area (Å²) in [5.74, 6) is -0.266. The maximum atomic E-state index is 14.0. The molecule has 3 rings (SSSR count). The third-order valence-corrected chi connectivity index (χ3v) is 4.89. The summed E-state index contributed by atoms with van der Waals surface area (Å²) in [6.07, 6.45) is 2.43. The second-order valence-electron chi connectivity index (χ2n) is 7.16. The standard InChI is InChI=1S/C21H26FN7O2.HI/c1-24-21(28-16-8-10-29(13-16)19-17(22)3-2-9-25-19)27-11-14-4-6-15(7-5-14)20(31)26-12-18(23)30;/h2-7,9,16H,8,10-13H2,1H3,(H2,23,30)(H,26,31)(H2,24,27,28);1H. The number of carbonyl (C=O) groups is 2. The number of anilines is 1. The Morgan fingerprint density at radius 3 is 2.66 bits per heavy atom. The lowest BCUT2D eigenvalue weighted by atomic mass is 10.1. The Morgan fingerprint density at radius 1 is 1.25 bits per heavy atom. The number of halogens is 2. The minimum atomic E-state index is -0.594. The summed E-state index contributed by atoms with van der Waals surface area (Å²) in [6.45, 7) is 1.65. The zero-order valence-corrected chi connectivity index (χ0v) is 20.0. The van der Waals surface area contributed by atoms with E-state index in [2.05, 4.69) is 25.9 Å². The molecule has 0 saturated carbocycles. The third kappa shape index (κ3) is 7.04. The summed E-state index contributed by atoms with van der Waals surface area (Å²) in [4.78, 5) is 33.0. The van der Waals surface area contributed by atoms with E-state index < -0.39 is 5.91 Å². The van der Waals surface area contributed by atoms with Gasteiger partial charge in [-0.2, -0.15) is 0 Å². The van der Waals surface area contributed by atoms with Crippen molar-refractivity contribution in [3.05, 3.63) is 59.5 Å². The first-order chi connectivity index (χ1) is 15.0. The number of primary amides is 1. The van der Waals surface area contributed by atoms with Gasteiger partial charge in [0.2, 0.25) is 5.91 Å². The van der Waals surface area contributed by atoms with Gasteiger partial charge in [-0.25, -0.2) is 9.37 Å². The minimum absolute atomic E-state index is 0. The van der Waals surface area contributed by atoms with Crippen LogP contribution in [0.15, 0.2) is 47.6 Å². The Hall–Kier alpha value is -2.96. The second kappa shape index (κ2) is 12.2. The van der Waals surface area contributed by atoms with Gasteiger partial charge in [0.1, 0.15) is 0 Å². The van der Waals surface area contributed by atoms with Crippen molar-refractivity contribution in [3.63, 3.8) is 0 Å². The average molecular weight is 555 g/mol. The maximum absolute atomic E-state index is 14.0. The molecule has 1 aliphatic rings. The van der Waals surface area contributed by atoms with Crippen LogP contribution >= 0.6 is 24.0 Å². The number of benzene rings is 1. The lowest BCUT2D eigenvalue weighted by molar-refractivity contribution is -0.117. The predicted octanol–water partition coefficient (Wildman–Crippen LogP) is 0.998. The van der Waals surface area contributed by atoms with Gasteiger partial charge in [0.25, 0.3) is 5.91 Å². The van der Waals surface area contributed by atoms with E-state index in [1.54, 1.807) is 31.4 Å². The number of aliphatic imine (C=N–C) groups is 1. The molecular formula is C21H27FIN7O2. The minimum Gasteiger partial charge on any atom is -0.368 e. The van der Waals surface area contributed by atoms with Crippen LogP contribution in [0.5, 0.6) is 0 Å². The monoisotopic (exact) mass is 555 g/mol. The Morgan fingerprint density at radius 2 is 2.00 bits per heavy atom. The first-order valence-electron chi connectivity index (χ1n) is 9.94. The molecule has 2 aromatic rings. The molecule has 0 radical (unpaired) electrons. The molecule has 11 heteroatoms. The summed E-state index contributed by atoms with van der Waals surface area (Å²) < 4.78 is 14.0. The number of aromatic nitrogens is 1. The predicted molar refractivity (Wildman–Crippen MR) is 132 cm³/mol. The van der Waals surface area contributed by atoms with Crippen molar-refractivity contribution in [1.29, 1.82) is 0 Å². The molecule has 1 fully saturated rings. The van der Waals surface area contributed by atoms with Crippen LogP contribution in [0.4, 0.5) is 10.2 Å². The molecular weight excluding hydrogens is 528 g/mol. The van der Waals surface area contributed by atoms with Crippen molar-refractivity contribution in [3.8, 4) is 0 Å². The summed E-state index contributed by atoms with van der Waals surface area (Å²) in [5, 5.41) is 9.03. The van der Waals surface area contributed by atoms with E-state index in [4.69, 9.17) is 5.73 Å². The van der Waals surface area contributed by atoms with Crippen LogP contribution in [0.3, 0.4) is 0 Å². The van der Waals surface area contributed by atoms with Crippen LogP contribution < -0.4 is 26.6 Å². The van der Waals surface area contributed by atoms with E-state index in [9.17, 15) is 14.0 Å². The number of nitrogens with two attached hydrogens (primary N) is 1. The highest BCUT2D eigenvalue weighted by Crippen LogP contribution is 2.20. The van der Waals surface area contributed by atoms with Crippen molar-refractivity contribution in [2.24, 2.45) is 10.7 Å². The molecule has 1 unspecified atom stereocenters. The zero-order valence-electron chi connectivity index (χ0n) is 17.7. The molecule has 1 atom stereocenters. The fraction of sp³-hybridized carbons (Fsp3) is 0.333. The van der Waals surface area contributed by atoms with E-state index >= 15 is 0 Å². The normalized spacial score (nSPS) is 15.6. The smallest absolute Gasteiger partial charge is 0.251 e. The highest BCUT2D eigenvalue weighted by molar-refractivity contribution is 14.0. The van der Waals surface area contributed by atoms with Crippen molar-refractivity contribution in [2.75, 3.05) is 31.6 Å². The van der Waals surface area contributed by atoms with Crippen LogP contribution in [0.1, 0.15) is 22.3 Å². The van der Waals surface area contributed by atoms with E-state index in [-0.39, 0.29) is 48.3 Å². The number of guanidine groups is 1. The molecule has 1 aliphatic heterocycles. The number of amides is 2. The molecule has 32 heavy (non-hydrogen) atoms. The summed E-state index contributed by atoms with van der Waals surface area (Å²) in [6, 6.07) is 10.1. The summed E-state index contributed by atoms with van der Waals surface area (Å²) in [7, 11) is 1.69. The fourth-order valence-electron chi connectivity index (χ4n) is 3.30. The molecule has 0 spiro atoms. The molecule has 1 aromatic carbocycles. The summed E-state index contributed by atoms with van der Waals surface area (Å²) in [5.41, 5.74) is 6.43. The summed E-state index contributed by atoms with van der Waals surface area (Å²) >= 11 is 0. The van der Waals surface area contributed by atoms with Gasteiger partial charge in [-0.05, 0) is 36.2 Å². The number of nitrogens with zero attached hydrogens (tertiary/aromatic N) is 3. The van der Waals surface area contributed by atoms with Crippen LogP contribution in [-0.2, 0) is 11.3 Å². The van der Waals surface area contributed by atoms with Gasteiger partial charge in [0.05, 0.1) is 6.54 Å². The topological polar surface area (TPSA) is 125 Å². The number of nitrogens with one attached hydrogen (secondary N) is 3. The first kappa shape index (κ1) is 25.3. The lowest BCUT2D eigenvalue weighted by Crippen LogP contribution is -2.44. The molecule has 2 heterocycles. The zero-order chi connectivity index (χ0) is 22.2. The van der Waals surface area contributed by atoms with Gasteiger partial charge in [-0.15, -0.1) is 24.0 Å². The molecule has 1 saturated heterocycles. The van der Waals surface area contributed by atoms with Crippen LogP contribution in [-0.4, -0.2) is 55.5 Å². The number of carbonyl (C=O) groups excluding carboxylic acids is 2. The van der Waals surface area contributed by atoms with Crippen LogP contribution in [0.2, 0.25) is 0 Å². The number of hydrogen-bond acceptors (Lipinski definition) is 5. The Kier molecular flexibility index (Phi) is 9.62. The van der Waals surface area contributed by atoms with E-state index in [0.29, 0.717) is 37.0 Å². The van der Waals surface area contributed by atoms with E-state index in [1.165, 1.54) is 6.07 Å². The Labute approximate surface area is 203 Å². The highest BCUT2D eigenvalue weighted by atomic mass is 127. The second-order valence-corrected chi connectivity index (χ2v) is 7.16. The number of rotatable bonds is 7. The Balaban J connectivity index is 0.00000363. The van der Waals surface area contributed by atoms with Gasteiger partial charge in [0, 0.05) is 44.5 Å². The van der Waals surface area contributed by atoms with E-state index in [1.807, 2.05) is 17.0 Å². The highest BCUT2D eigenvalue weighted by Gasteiger charge is 2.25. The fourth-order valence-corrected chi connectivity index (χ4v) is 3.30. The molecule has 172 valence electrons. The molecule has 0 bridgehead atoms. The van der Waals surface area contributed by atoms with Crippen molar-refractivity contribution < 1.29 is 14.0 Å². The van der Waals surface area contributed by atoms with E-state index in [0.717, 1.165) is 12.0 Å². The largest absolute Gasteiger partial charge is 0.368 e. The maximum Gasteiger partial charge on any atom is 0.251 e. The molecule has 5 N–H and O–H groups in total.